The summed E-state index contributed by atoms with van der Waals surface area (Å²) in [7, 11) is 1.73. The molecule has 0 saturated carbocycles. The number of aromatic nitrogens is 5. The van der Waals surface area contributed by atoms with Crippen molar-refractivity contribution < 1.29 is 9.37 Å². The Morgan fingerprint density at radius 1 is 1.47 bits per heavy atom. The van der Waals surface area contributed by atoms with Gasteiger partial charge < -0.3 is 4.74 Å². The highest BCUT2D eigenvalue weighted by molar-refractivity contribution is 5.11. The van der Waals surface area contributed by atoms with Gasteiger partial charge in [0.05, 0.1) is 18.0 Å². The van der Waals surface area contributed by atoms with Gasteiger partial charge in [-0.2, -0.15) is 15.4 Å². The van der Waals surface area contributed by atoms with Gasteiger partial charge >= 0.3 is 0 Å². The summed E-state index contributed by atoms with van der Waals surface area (Å²) in [5.74, 6) is 0.226. The normalized spacial score (nSPS) is 24.1. The summed E-state index contributed by atoms with van der Waals surface area (Å²) in [5, 5.41) is 18.4. The van der Waals surface area contributed by atoms with E-state index in [0.717, 1.165) is 30.2 Å². The molecule has 2 aromatic rings. The minimum Gasteiger partial charge on any atom is -0.379 e. The van der Waals surface area contributed by atoms with E-state index >= 15 is 0 Å². The number of aromatic amines is 1. The number of nitrogens with one attached hydrogen (secondary N) is 1. The van der Waals surface area contributed by atoms with E-state index in [9.17, 15) is 0 Å². The third-order valence-electron chi connectivity index (χ3n) is 3.58. The quantitative estimate of drug-likeness (QED) is 0.837. The highest BCUT2D eigenvalue weighted by atomic mass is 16.6. The largest absolute Gasteiger partial charge is 0.379 e. The van der Waals surface area contributed by atoms with E-state index in [0.29, 0.717) is 6.54 Å². The molecule has 1 fully saturated rings. The second kappa shape index (κ2) is 5.06. The predicted molar refractivity (Wildman–Crippen MR) is 64.2 cm³/mol. The molecule has 0 unspecified atom stereocenters. The molecule has 8 heteroatoms. The van der Waals surface area contributed by atoms with Gasteiger partial charge in [-0.05, 0) is 6.92 Å². The van der Waals surface area contributed by atoms with Gasteiger partial charge in [0, 0.05) is 32.7 Å². The first-order valence-electron chi connectivity index (χ1n) is 6.16. The summed E-state index contributed by atoms with van der Waals surface area (Å²) in [6.45, 7) is 4.30. The van der Waals surface area contributed by atoms with E-state index in [-0.39, 0.29) is 12.0 Å². The van der Waals surface area contributed by atoms with E-state index in [1.807, 2.05) is 6.92 Å². The number of hydrogen-bond acceptors (Lipinski definition) is 7. The van der Waals surface area contributed by atoms with Crippen molar-refractivity contribution in [1.29, 1.82) is 0 Å². The van der Waals surface area contributed by atoms with Crippen LogP contribution in [0.3, 0.4) is 0 Å². The number of H-pyrrole nitrogens is 1. The van der Waals surface area contributed by atoms with Crippen molar-refractivity contribution in [1.82, 2.24) is 30.6 Å². The topological polar surface area (TPSA) is 93.0 Å². The molecule has 0 spiro atoms. The van der Waals surface area contributed by atoms with Crippen LogP contribution >= 0.6 is 0 Å². The Balaban J connectivity index is 1.71. The van der Waals surface area contributed by atoms with Crippen molar-refractivity contribution in [3.63, 3.8) is 0 Å². The number of rotatable bonds is 4. The molecular weight excluding hydrogens is 248 g/mol. The lowest BCUT2D eigenvalue weighted by Gasteiger charge is -2.13. The van der Waals surface area contributed by atoms with Crippen LogP contribution in [0.1, 0.15) is 23.0 Å². The number of nitrogens with zero attached hydrogens (tertiary/aromatic N) is 5. The van der Waals surface area contributed by atoms with Crippen molar-refractivity contribution >= 4 is 0 Å². The Labute approximate surface area is 110 Å². The van der Waals surface area contributed by atoms with Crippen LogP contribution in [0.4, 0.5) is 0 Å². The lowest BCUT2D eigenvalue weighted by Crippen LogP contribution is -2.23. The van der Waals surface area contributed by atoms with Crippen LogP contribution in [0.5, 0.6) is 0 Å². The molecular formula is C11H16N6O2. The van der Waals surface area contributed by atoms with Gasteiger partial charge in [-0.25, -0.2) is 4.63 Å². The zero-order valence-electron chi connectivity index (χ0n) is 10.9. The van der Waals surface area contributed by atoms with Crippen LogP contribution in [0.15, 0.2) is 10.8 Å². The fourth-order valence-electron chi connectivity index (χ4n) is 2.50. The molecule has 2 atom stereocenters. The molecule has 0 aromatic carbocycles. The van der Waals surface area contributed by atoms with Crippen LogP contribution in [0, 0.1) is 6.92 Å². The molecule has 102 valence electrons. The molecule has 0 radical (unpaired) electrons. The number of aryl methyl sites for hydroxylation is 1. The first-order chi connectivity index (χ1) is 9.28. The predicted octanol–water partition coefficient (Wildman–Crippen LogP) is 0.111. The molecule has 1 aliphatic heterocycles. The Hall–Kier alpha value is -1.80. The Morgan fingerprint density at radius 3 is 3.00 bits per heavy atom. The van der Waals surface area contributed by atoms with Crippen LogP contribution in [-0.2, 0) is 11.3 Å². The van der Waals surface area contributed by atoms with Gasteiger partial charge in [0.2, 0.25) is 0 Å². The van der Waals surface area contributed by atoms with Gasteiger partial charge in [-0.15, -0.1) is 0 Å². The van der Waals surface area contributed by atoms with Crippen molar-refractivity contribution in [3.05, 3.63) is 23.3 Å². The second-order valence-corrected chi connectivity index (χ2v) is 4.77. The van der Waals surface area contributed by atoms with Crippen molar-refractivity contribution in [2.45, 2.75) is 25.5 Å². The Bertz CT molecular complexity index is 525. The molecule has 19 heavy (non-hydrogen) atoms. The highest BCUT2D eigenvalue weighted by Gasteiger charge is 2.36. The average molecular weight is 264 g/mol. The summed E-state index contributed by atoms with van der Waals surface area (Å²) in [5.41, 5.74) is 2.64. The molecule has 1 N–H and O–H groups in total. The molecule has 1 aliphatic rings. The van der Waals surface area contributed by atoms with Crippen molar-refractivity contribution in [3.8, 4) is 0 Å². The number of likely N-dealkylation sites (tertiary alicyclic amines) is 1. The monoisotopic (exact) mass is 264 g/mol. The standard InChI is InChI=1S/C11H16N6O2/c1-7-10(15-19-14-7)5-17-4-8(11(6-17)18-2)9-3-12-16-13-9/h3,8,11H,4-6H2,1-2H3,(H,12,13,16)/t8-,11+/m0/s1. The van der Waals surface area contributed by atoms with E-state index in [4.69, 9.17) is 9.37 Å². The summed E-state index contributed by atoms with van der Waals surface area (Å²) in [6, 6.07) is 0. The van der Waals surface area contributed by atoms with Gasteiger partial charge in [0.1, 0.15) is 11.4 Å². The third kappa shape index (κ3) is 2.36. The maximum Gasteiger partial charge on any atom is 0.122 e. The Kier molecular flexibility index (Phi) is 3.26. The molecule has 0 bridgehead atoms. The van der Waals surface area contributed by atoms with Gasteiger partial charge in [-0.1, -0.05) is 10.3 Å². The molecule has 3 rings (SSSR count). The van der Waals surface area contributed by atoms with Crippen LogP contribution in [0.2, 0.25) is 0 Å². The first kappa shape index (κ1) is 12.2. The minimum atomic E-state index is 0.116. The fraction of sp³-hybridized carbons (Fsp3) is 0.636. The third-order valence-corrected chi connectivity index (χ3v) is 3.58. The van der Waals surface area contributed by atoms with E-state index in [1.165, 1.54) is 0 Å². The van der Waals surface area contributed by atoms with E-state index in [1.54, 1.807) is 13.3 Å². The van der Waals surface area contributed by atoms with Crippen molar-refractivity contribution in [2.75, 3.05) is 20.2 Å². The van der Waals surface area contributed by atoms with E-state index < -0.39 is 0 Å². The fourth-order valence-corrected chi connectivity index (χ4v) is 2.50. The van der Waals surface area contributed by atoms with Crippen LogP contribution in [-0.4, -0.2) is 56.9 Å². The molecule has 1 saturated heterocycles. The number of ether oxygens (including phenoxy) is 1. The Morgan fingerprint density at radius 2 is 2.37 bits per heavy atom. The lowest BCUT2D eigenvalue weighted by atomic mass is 10.0. The highest BCUT2D eigenvalue weighted by Crippen LogP contribution is 2.28. The molecule has 0 amide bonds. The molecule has 2 aromatic heterocycles. The smallest absolute Gasteiger partial charge is 0.122 e. The second-order valence-electron chi connectivity index (χ2n) is 4.77. The first-order valence-corrected chi connectivity index (χ1v) is 6.16. The number of hydrogen-bond donors (Lipinski definition) is 1. The number of methoxy groups -OCH3 is 1. The zero-order valence-corrected chi connectivity index (χ0v) is 10.9. The molecule has 3 heterocycles. The zero-order chi connectivity index (χ0) is 13.2. The SMILES string of the molecule is CO[C@@H]1CN(Cc2nonc2C)C[C@H]1c1cn[nH]n1. The maximum absolute atomic E-state index is 5.54. The summed E-state index contributed by atoms with van der Waals surface area (Å²) in [4.78, 5) is 2.26. The van der Waals surface area contributed by atoms with Gasteiger partial charge in [0.15, 0.2) is 0 Å². The van der Waals surface area contributed by atoms with Crippen LogP contribution in [0.25, 0.3) is 0 Å². The lowest BCUT2D eigenvalue weighted by molar-refractivity contribution is 0.0955. The van der Waals surface area contributed by atoms with Crippen molar-refractivity contribution in [2.24, 2.45) is 0 Å². The molecule has 8 nitrogen and oxygen atoms in total. The summed E-state index contributed by atoms with van der Waals surface area (Å²) < 4.78 is 10.3. The average Bonchev–Trinajstić information content (AvgIpc) is 3.11. The van der Waals surface area contributed by atoms with Crippen LogP contribution < -0.4 is 0 Å². The van der Waals surface area contributed by atoms with Gasteiger partial charge in [-0.3, -0.25) is 4.90 Å². The van der Waals surface area contributed by atoms with Gasteiger partial charge in [0.25, 0.3) is 0 Å². The summed E-state index contributed by atoms with van der Waals surface area (Å²) in [6.07, 6.45) is 1.87. The maximum atomic E-state index is 5.54. The minimum absolute atomic E-state index is 0.116. The van der Waals surface area contributed by atoms with E-state index in [2.05, 4.69) is 30.6 Å². The molecule has 0 aliphatic carbocycles. The summed E-state index contributed by atoms with van der Waals surface area (Å²) >= 11 is 0.